The van der Waals surface area contributed by atoms with Gasteiger partial charge < -0.3 is 4.57 Å². The maximum absolute atomic E-state index is 3.68. The molecule has 1 heterocycles. The summed E-state index contributed by atoms with van der Waals surface area (Å²) in [5, 5.41) is 0. The van der Waals surface area contributed by atoms with E-state index < -0.39 is 0 Å². The Labute approximate surface area is 55.6 Å². The first-order valence-electron chi connectivity index (χ1n) is 2.99. The van der Waals surface area contributed by atoms with Gasteiger partial charge in [0.2, 0.25) is 0 Å². The van der Waals surface area contributed by atoms with Crippen LogP contribution in [0.5, 0.6) is 0 Å². The van der Waals surface area contributed by atoms with Crippen LogP contribution in [0.2, 0.25) is 0 Å². The number of aromatic nitrogens is 1. The lowest BCUT2D eigenvalue weighted by atomic mass is 10.3. The van der Waals surface area contributed by atoms with Crippen molar-refractivity contribution in [1.29, 1.82) is 0 Å². The first kappa shape index (κ1) is 6.14. The summed E-state index contributed by atoms with van der Waals surface area (Å²) in [5.41, 5.74) is 2.46. The third kappa shape index (κ3) is 1.04. The van der Waals surface area contributed by atoms with Gasteiger partial charge in [0.15, 0.2) is 0 Å². The van der Waals surface area contributed by atoms with Crippen molar-refractivity contribution in [1.82, 2.24) is 4.57 Å². The zero-order valence-electron chi connectivity index (χ0n) is 5.89. The van der Waals surface area contributed by atoms with Crippen LogP contribution in [0.1, 0.15) is 11.3 Å². The fourth-order valence-electron chi connectivity index (χ4n) is 0.955. The molecule has 1 nitrogen and oxygen atoms in total. The molecule has 0 aromatic carbocycles. The van der Waals surface area contributed by atoms with Crippen LogP contribution in [-0.4, -0.2) is 4.57 Å². The minimum absolute atomic E-state index is 1.17. The Bertz CT molecular complexity index is 220. The second-order valence-electron chi connectivity index (χ2n) is 2.26. The Morgan fingerprint density at radius 2 is 2.33 bits per heavy atom. The van der Waals surface area contributed by atoms with Crippen LogP contribution in [0.3, 0.4) is 0 Å². The van der Waals surface area contributed by atoms with Gasteiger partial charge >= 0.3 is 0 Å². The van der Waals surface area contributed by atoms with Crippen molar-refractivity contribution < 1.29 is 0 Å². The molecule has 9 heavy (non-hydrogen) atoms. The Balaban J connectivity index is 3.15. The third-order valence-corrected chi connectivity index (χ3v) is 1.39. The van der Waals surface area contributed by atoms with E-state index in [1.165, 1.54) is 11.3 Å². The fraction of sp³-hybridized carbons (Fsp3) is 0.250. The largest absolute Gasteiger partial charge is 0.351 e. The zero-order valence-corrected chi connectivity index (χ0v) is 5.89. The quantitative estimate of drug-likeness (QED) is 0.535. The minimum atomic E-state index is 1.17. The lowest BCUT2D eigenvalue weighted by Gasteiger charge is -1.91. The highest BCUT2D eigenvalue weighted by Gasteiger charge is 1.92. The number of nitrogens with zero attached hydrogens (tertiary/aromatic N) is 1. The highest BCUT2D eigenvalue weighted by atomic mass is 14.9. The van der Waals surface area contributed by atoms with E-state index in [4.69, 9.17) is 0 Å². The highest BCUT2D eigenvalue weighted by Crippen LogP contribution is 2.05. The molecule has 0 aliphatic carbocycles. The Hall–Kier alpha value is -0.980. The number of aryl methyl sites for hydroxylation is 2. The summed E-state index contributed by atoms with van der Waals surface area (Å²) in [6.45, 7) is 5.76. The van der Waals surface area contributed by atoms with Crippen LogP contribution in [0, 0.1) is 6.92 Å². The van der Waals surface area contributed by atoms with Gasteiger partial charge in [-0.1, -0.05) is 6.58 Å². The van der Waals surface area contributed by atoms with Gasteiger partial charge in [-0.05, 0) is 24.6 Å². The topological polar surface area (TPSA) is 4.93 Å². The van der Waals surface area contributed by atoms with Gasteiger partial charge in [-0.2, -0.15) is 0 Å². The van der Waals surface area contributed by atoms with E-state index in [-0.39, 0.29) is 0 Å². The van der Waals surface area contributed by atoms with Gasteiger partial charge in [-0.3, -0.25) is 0 Å². The molecule has 0 saturated carbocycles. The second-order valence-corrected chi connectivity index (χ2v) is 2.26. The second kappa shape index (κ2) is 2.09. The van der Waals surface area contributed by atoms with Gasteiger partial charge in [0, 0.05) is 18.9 Å². The summed E-state index contributed by atoms with van der Waals surface area (Å²) in [4.78, 5) is 0. The molecule has 0 amide bonds. The van der Waals surface area contributed by atoms with Crippen molar-refractivity contribution in [2.45, 2.75) is 6.92 Å². The maximum Gasteiger partial charge on any atom is 0.0400 e. The summed E-state index contributed by atoms with van der Waals surface area (Å²) in [6.07, 6.45) is 3.93. The van der Waals surface area contributed by atoms with Crippen LogP contribution < -0.4 is 0 Å². The highest BCUT2D eigenvalue weighted by molar-refractivity contribution is 5.44. The standard InChI is InChI=1S/C8H11N/c1-4-8-5-7(2)6-9(8)3/h4-6H,1H2,2-3H3. The lowest BCUT2D eigenvalue weighted by Crippen LogP contribution is -1.85. The van der Waals surface area contributed by atoms with Crippen molar-refractivity contribution in [2.24, 2.45) is 7.05 Å². The number of hydrogen-bond donors (Lipinski definition) is 0. The number of hydrogen-bond acceptors (Lipinski definition) is 0. The molecule has 0 radical (unpaired) electrons. The van der Waals surface area contributed by atoms with E-state index in [1.54, 1.807) is 0 Å². The van der Waals surface area contributed by atoms with E-state index in [2.05, 4.69) is 30.3 Å². The molecule has 0 aliphatic rings. The van der Waals surface area contributed by atoms with Crippen LogP contribution in [0.15, 0.2) is 18.8 Å². The summed E-state index contributed by atoms with van der Waals surface area (Å²) in [7, 11) is 2.02. The first-order chi connectivity index (χ1) is 4.24. The molecule has 1 heteroatoms. The number of rotatable bonds is 1. The molecular weight excluding hydrogens is 110 g/mol. The molecule has 0 spiro atoms. The van der Waals surface area contributed by atoms with Crippen molar-refractivity contribution in [3.8, 4) is 0 Å². The van der Waals surface area contributed by atoms with Crippen molar-refractivity contribution in [3.63, 3.8) is 0 Å². The van der Waals surface area contributed by atoms with Crippen LogP contribution in [0.4, 0.5) is 0 Å². The molecule has 1 aromatic rings. The van der Waals surface area contributed by atoms with Gasteiger partial charge in [-0.15, -0.1) is 0 Å². The SMILES string of the molecule is C=Cc1cc(C)cn1C. The molecule has 0 bridgehead atoms. The molecule has 0 unspecified atom stereocenters. The van der Waals surface area contributed by atoms with Gasteiger partial charge in [0.25, 0.3) is 0 Å². The molecule has 0 saturated heterocycles. The maximum atomic E-state index is 3.68. The Kier molecular flexibility index (Phi) is 1.43. The van der Waals surface area contributed by atoms with Gasteiger partial charge in [-0.25, -0.2) is 0 Å². The van der Waals surface area contributed by atoms with Gasteiger partial charge in [0.1, 0.15) is 0 Å². The molecule has 0 aliphatic heterocycles. The Morgan fingerprint density at radius 1 is 1.67 bits per heavy atom. The molecule has 48 valence electrons. The van der Waals surface area contributed by atoms with E-state index in [0.717, 1.165) is 0 Å². The normalized spacial score (nSPS) is 9.56. The van der Waals surface area contributed by atoms with E-state index in [0.29, 0.717) is 0 Å². The van der Waals surface area contributed by atoms with Crippen molar-refractivity contribution in [2.75, 3.05) is 0 Å². The van der Waals surface area contributed by atoms with Crippen molar-refractivity contribution in [3.05, 3.63) is 30.1 Å². The molecule has 0 fully saturated rings. The van der Waals surface area contributed by atoms with E-state index in [9.17, 15) is 0 Å². The molecule has 0 atom stereocenters. The average Bonchev–Trinajstić information content (AvgIpc) is 2.10. The smallest absolute Gasteiger partial charge is 0.0400 e. The van der Waals surface area contributed by atoms with Gasteiger partial charge in [0.05, 0.1) is 0 Å². The third-order valence-electron chi connectivity index (χ3n) is 1.39. The monoisotopic (exact) mass is 121 g/mol. The Morgan fingerprint density at radius 3 is 2.56 bits per heavy atom. The summed E-state index contributed by atoms with van der Waals surface area (Å²) >= 11 is 0. The van der Waals surface area contributed by atoms with Crippen LogP contribution >= 0.6 is 0 Å². The molecule has 1 aromatic heterocycles. The predicted molar refractivity (Wildman–Crippen MR) is 40.2 cm³/mol. The molecule has 1 rings (SSSR count). The minimum Gasteiger partial charge on any atom is -0.351 e. The average molecular weight is 121 g/mol. The fourth-order valence-corrected chi connectivity index (χ4v) is 0.955. The summed E-state index contributed by atoms with van der Waals surface area (Å²) in [5.74, 6) is 0. The first-order valence-corrected chi connectivity index (χ1v) is 2.99. The molecule has 0 N–H and O–H groups in total. The lowest BCUT2D eigenvalue weighted by molar-refractivity contribution is 0.912. The zero-order chi connectivity index (χ0) is 6.85. The van der Waals surface area contributed by atoms with Crippen LogP contribution in [-0.2, 0) is 7.05 Å². The van der Waals surface area contributed by atoms with E-state index >= 15 is 0 Å². The predicted octanol–water partition coefficient (Wildman–Crippen LogP) is 1.98. The van der Waals surface area contributed by atoms with Crippen molar-refractivity contribution >= 4 is 6.08 Å². The van der Waals surface area contributed by atoms with Crippen LogP contribution in [0.25, 0.3) is 6.08 Å². The summed E-state index contributed by atoms with van der Waals surface area (Å²) < 4.78 is 2.06. The van der Waals surface area contributed by atoms with E-state index in [1.807, 2.05) is 13.1 Å². The summed E-state index contributed by atoms with van der Waals surface area (Å²) in [6, 6.07) is 2.10. The molecular formula is C8H11N.